The summed E-state index contributed by atoms with van der Waals surface area (Å²) in [7, 11) is -2.91. The van der Waals surface area contributed by atoms with Crippen LogP contribution in [0.25, 0.3) is 32.6 Å². The van der Waals surface area contributed by atoms with Crippen LogP contribution in [-0.2, 0) is 10.1 Å². The molecule has 11 heteroatoms. The molecule has 0 saturated heterocycles. The molecule has 4 N–H and O–H groups in total. The number of aromatic nitrogens is 1. The summed E-state index contributed by atoms with van der Waals surface area (Å²) in [5, 5.41) is 25.8. The van der Waals surface area contributed by atoms with Crippen LogP contribution in [0.5, 0.6) is 11.5 Å². The Kier molecular flexibility index (Phi) is 6.60. The molecular weight excluding hydrogens is 556 g/mol. The second kappa shape index (κ2) is 10.3. The molecule has 10 nitrogen and oxygen atoms in total. The van der Waals surface area contributed by atoms with Crippen molar-refractivity contribution < 1.29 is 27.6 Å². The first-order valence-corrected chi connectivity index (χ1v) is 14.2. The highest BCUT2D eigenvalue weighted by atomic mass is 32.2. The van der Waals surface area contributed by atoms with E-state index in [-0.39, 0.29) is 21.8 Å². The predicted octanol–water partition coefficient (Wildman–Crippen LogP) is 7.41. The summed E-state index contributed by atoms with van der Waals surface area (Å²) in [4.78, 5) is 16.5. The number of hydrogen-bond acceptors (Lipinski definition) is 7. The maximum absolute atomic E-state index is 13.5. The van der Waals surface area contributed by atoms with E-state index in [2.05, 4.69) is 20.5 Å². The number of fused-ring (bicyclic) bond motifs is 5. The van der Waals surface area contributed by atoms with Crippen molar-refractivity contribution in [2.45, 2.75) is 11.8 Å². The monoisotopic (exact) mass is 580 g/mol. The second-order valence-electron chi connectivity index (χ2n) is 9.69. The number of nitrogens with one attached hydrogen (secondary N) is 2. The standard InChI is InChI=1S/C31H24N4O6S/c1-17-14-20(41-2)11-13-25(17)33-31(37)24-15-18-10-12-23-22-8-3-4-9-26(22)32-28(23)27(18)29(30(24)36)35-34-19-6-5-7-21(16-19)42(38,39)40/h3-16,32,36H,1-2H3,(H,33,37)(H,38,39,40). The summed E-state index contributed by atoms with van der Waals surface area (Å²) in [5.74, 6) is -0.335. The van der Waals surface area contributed by atoms with Gasteiger partial charge in [0.05, 0.1) is 28.8 Å². The zero-order valence-electron chi connectivity index (χ0n) is 22.4. The second-order valence-corrected chi connectivity index (χ2v) is 11.1. The van der Waals surface area contributed by atoms with E-state index in [0.717, 1.165) is 27.9 Å². The van der Waals surface area contributed by atoms with Crippen LogP contribution in [0.3, 0.4) is 0 Å². The molecule has 5 aromatic carbocycles. The highest BCUT2D eigenvalue weighted by Crippen LogP contribution is 2.44. The SMILES string of the molecule is COc1ccc(NC(=O)c2cc3ccc4c5ccccc5[nH]c4c3c(N=Nc3cccc(S(=O)(=O)O)c3)c2O)c(C)c1. The number of H-pyrrole nitrogens is 1. The van der Waals surface area contributed by atoms with Crippen molar-refractivity contribution >= 4 is 65.7 Å². The van der Waals surface area contributed by atoms with Gasteiger partial charge in [0.25, 0.3) is 16.0 Å². The zero-order chi connectivity index (χ0) is 29.6. The molecule has 0 spiro atoms. The molecule has 0 radical (unpaired) electrons. The number of benzene rings is 5. The number of aromatic amines is 1. The maximum atomic E-state index is 13.5. The lowest BCUT2D eigenvalue weighted by Crippen LogP contribution is -2.13. The van der Waals surface area contributed by atoms with Gasteiger partial charge < -0.3 is 20.1 Å². The third-order valence-corrected chi connectivity index (χ3v) is 7.89. The number of hydrogen-bond donors (Lipinski definition) is 4. The van der Waals surface area contributed by atoms with Crippen molar-refractivity contribution in [2.24, 2.45) is 10.2 Å². The highest BCUT2D eigenvalue weighted by molar-refractivity contribution is 7.85. The molecule has 1 aromatic heterocycles. The third kappa shape index (κ3) is 4.80. The summed E-state index contributed by atoms with van der Waals surface area (Å²) >= 11 is 0. The number of rotatable bonds is 6. The number of para-hydroxylation sites is 1. The van der Waals surface area contributed by atoms with Gasteiger partial charge in [-0.05, 0) is 66.4 Å². The maximum Gasteiger partial charge on any atom is 0.294 e. The third-order valence-electron chi connectivity index (χ3n) is 7.04. The van der Waals surface area contributed by atoms with Gasteiger partial charge in [0.2, 0.25) is 0 Å². The molecule has 210 valence electrons. The number of aryl methyl sites for hydroxylation is 1. The minimum absolute atomic E-state index is 0.0125. The van der Waals surface area contributed by atoms with Gasteiger partial charge in [-0.2, -0.15) is 13.5 Å². The molecule has 0 bridgehead atoms. The van der Waals surface area contributed by atoms with Crippen molar-refractivity contribution in [2.75, 3.05) is 12.4 Å². The van der Waals surface area contributed by atoms with Gasteiger partial charge in [0.1, 0.15) is 11.4 Å². The molecule has 6 rings (SSSR count). The number of ether oxygens (including phenoxy) is 1. The number of anilines is 1. The van der Waals surface area contributed by atoms with Crippen molar-refractivity contribution in [3.05, 3.63) is 96.1 Å². The minimum Gasteiger partial charge on any atom is -0.505 e. The molecule has 42 heavy (non-hydrogen) atoms. The smallest absolute Gasteiger partial charge is 0.294 e. The number of aromatic hydroxyl groups is 1. The summed E-state index contributed by atoms with van der Waals surface area (Å²) < 4.78 is 38.0. The number of nitrogens with zero attached hydrogens (tertiary/aromatic N) is 2. The zero-order valence-corrected chi connectivity index (χ0v) is 23.2. The van der Waals surface area contributed by atoms with Crippen LogP contribution in [-0.4, -0.2) is 36.1 Å². The van der Waals surface area contributed by atoms with Gasteiger partial charge >= 0.3 is 0 Å². The van der Waals surface area contributed by atoms with Crippen molar-refractivity contribution in [1.82, 2.24) is 4.98 Å². The first kappa shape index (κ1) is 26.9. The van der Waals surface area contributed by atoms with Gasteiger partial charge in [-0.15, -0.1) is 5.11 Å². The van der Waals surface area contributed by atoms with Crippen LogP contribution < -0.4 is 10.1 Å². The lowest BCUT2D eigenvalue weighted by Gasteiger charge is -2.13. The minimum atomic E-state index is -4.47. The lowest BCUT2D eigenvalue weighted by molar-refractivity contribution is 0.102. The van der Waals surface area contributed by atoms with E-state index in [4.69, 9.17) is 4.74 Å². The molecule has 0 aliphatic heterocycles. The fourth-order valence-electron chi connectivity index (χ4n) is 4.96. The molecule has 1 heterocycles. The first-order valence-electron chi connectivity index (χ1n) is 12.8. The van der Waals surface area contributed by atoms with Crippen LogP contribution in [0.4, 0.5) is 17.1 Å². The molecule has 6 aromatic rings. The van der Waals surface area contributed by atoms with Crippen LogP contribution >= 0.6 is 0 Å². The Hall–Kier alpha value is -5.26. The van der Waals surface area contributed by atoms with Crippen LogP contribution in [0.1, 0.15) is 15.9 Å². The van der Waals surface area contributed by atoms with Crippen LogP contribution in [0.15, 0.2) is 100 Å². The normalized spacial score (nSPS) is 12.0. The van der Waals surface area contributed by atoms with Crippen LogP contribution in [0.2, 0.25) is 0 Å². The molecule has 0 unspecified atom stereocenters. The van der Waals surface area contributed by atoms with Gasteiger partial charge in [0, 0.05) is 27.4 Å². The van der Waals surface area contributed by atoms with E-state index in [1.54, 1.807) is 31.4 Å². The number of phenols is 1. The van der Waals surface area contributed by atoms with Crippen molar-refractivity contribution in [3.63, 3.8) is 0 Å². The van der Waals surface area contributed by atoms with Gasteiger partial charge in [-0.3, -0.25) is 9.35 Å². The Labute approximate surface area is 240 Å². The van der Waals surface area contributed by atoms with E-state index in [9.17, 15) is 22.9 Å². The van der Waals surface area contributed by atoms with E-state index in [1.807, 2.05) is 43.3 Å². The predicted molar refractivity (Wildman–Crippen MR) is 161 cm³/mol. The molecule has 0 aliphatic rings. The Morgan fingerprint density at radius 2 is 1.74 bits per heavy atom. The topological polar surface area (TPSA) is 153 Å². The quantitative estimate of drug-likeness (QED) is 0.119. The molecule has 0 saturated carbocycles. The molecule has 1 amide bonds. The Morgan fingerprint density at radius 3 is 2.50 bits per heavy atom. The van der Waals surface area contributed by atoms with Crippen molar-refractivity contribution in [1.29, 1.82) is 0 Å². The molecular formula is C31H24N4O6S. The van der Waals surface area contributed by atoms with Crippen molar-refractivity contribution in [3.8, 4) is 11.5 Å². The average Bonchev–Trinajstić information content (AvgIpc) is 3.36. The molecule has 0 atom stereocenters. The lowest BCUT2D eigenvalue weighted by atomic mass is 10.00. The van der Waals surface area contributed by atoms with E-state index < -0.39 is 21.8 Å². The number of amides is 1. The first-order chi connectivity index (χ1) is 20.1. The summed E-state index contributed by atoms with van der Waals surface area (Å²) in [6, 6.07) is 23.6. The Balaban J connectivity index is 1.55. The number of carbonyl (C=O) groups excluding carboxylic acids is 1. The Morgan fingerprint density at radius 1 is 0.929 bits per heavy atom. The summed E-state index contributed by atoms with van der Waals surface area (Å²) in [6.07, 6.45) is 0. The van der Waals surface area contributed by atoms with Crippen LogP contribution in [0, 0.1) is 6.92 Å². The highest BCUT2D eigenvalue weighted by Gasteiger charge is 2.22. The summed E-state index contributed by atoms with van der Waals surface area (Å²) in [6.45, 7) is 1.82. The Bertz CT molecular complexity index is 2190. The summed E-state index contributed by atoms with van der Waals surface area (Å²) in [5.41, 5.74) is 2.96. The molecule has 0 aliphatic carbocycles. The van der Waals surface area contributed by atoms with E-state index >= 15 is 0 Å². The fourth-order valence-corrected chi connectivity index (χ4v) is 5.48. The van der Waals surface area contributed by atoms with Gasteiger partial charge in [-0.1, -0.05) is 36.4 Å². The average molecular weight is 581 g/mol. The number of azo groups is 1. The molecule has 0 fully saturated rings. The largest absolute Gasteiger partial charge is 0.505 e. The van der Waals surface area contributed by atoms with Gasteiger partial charge in [0.15, 0.2) is 5.75 Å². The number of methoxy groups -OCH3 is 1. The van der Waals surface area contributed by atoms with Gasteiger partial charge in [-0.25, -0.2) is 0 Å². The van der Waals surface area contributed by atoms with E-state index in [0.29, 0.717) is 27.7 Å². The number of carbonyl (C=O) groups is 1. The van der Waals surface area contributed by atoms with E-state index in [1.165, 1.54) is 18.2 Å². The number of phenolic OH excluding ortho intramolecular Hbond substituents is 1. The fraction of sp³-hybridized carbons (Fsp3) is 0.0645.